The van der Waals surface area contributed by atoms with Crippen molar-refractivity contribution in [1.82, 2.24) is 9.47 Å². The minimum atomic E-state index is -0.551. The Morgan fingerprint density at radius 3 is 2.47 bits per heavy atom. The number of fused-ring (bicyclic) bond motifs is 2. The minimum Gasteiger partial charge on any atom is -0.368 e. The molecule has 34 heavy (non-hydrogen) atoms. The van der Waals surface area contributed by atoms with E-state index >= 15 is 0 Å². The Kier molecular flexibility index (Phi) is 5.91. The summed E-state index contributed by atoms with van der Waals surface area (Å²) in [6, 6.07) is 19.5. The number of para-hydroxylation sites is 1. The van der Waals surface area contributed by atoms with Gasteiger partial charge in [0.1, 0.15) is 11.9 Å². The van der Waals surface area contributed by atoms with Gasteiger partial charge in [0.15, 0.2) is 0 Å². The zero-order valence-electron chi connectivity index (χ0n) is 19.0. The molecule has 5 rings (SSSR count). The van der Waals surface area contributed by atoms with Crippen LogP contribution in [-0.2, 0) is 35.4 Å². The molecule has 7 nitrogen and oxygen atoms in total. The summed E-state index contributed by atoms with van der Waals surface area (Å²) in [6.07, 6.45) is 4.25. The fraction of sp³-hybridized carbons (Fsp3) is 0.296. The van der Waals surface area contributed by atoms with Crippen LogP contribution >= 0.6 is 0 Å². The molecular formula is C27H27N5O2. The third kappa shape index (κ3) is 3.97. The van der Waals surface area contributed by atoms with Gasteiger partial charge in [0.25, 0.3) is 0 Å². The number of hydrogen-bond donors (Lipinski definition) is 2. The SMILES string of the molecule is N#Cc1c2c(n(-c3ccccc3)c1NC(=O)CN1Cc3ccccc3CC1C(N)=O)CCCC2. The molecule has 1 aromatic heterocycles. The van der Waals surface area contributed by atoms with Gasteiger partial charge in [-0.25, -0.2) is 0 Å². The number of hydrogen-bond acceptors (Lipinski definition) is 4. The van der Waals surface area contributed by atoms with Crippen LogP contribution in [0.3, 0.4) is 0 Å². The number of amides is 2. The summed E-state index contributed by atoms with van der Waals surface area (Å²) in [5.74, 6) is -0.198. The standard InChI is InChI=1S/C27H27N5O2/c28-15-22-21-12-6-7-13-23(21)32(20-10-2-1-3-11-20)27(22)30-25(33)17-31-16-19-9-5-4-8-18(19)14-24(31)26(29)34/h1-5,8-11,24H,6-7,12-14,16-17H2,(H2,29,34)(H,30,33). The maximum Gasteiger partial charge on any atom is 0.239 e. The topological polar surface area (TPSA) is 104 Å². The summed E-state index contributed by atoms with van der Waals surface area (Å²) in [6.45, 7) is 0.482. The second kappa shape index (κ2) is 9.16. The summed E-state index contributed by atoms with van der Waals surface area (Å²) in [7, 11) is 0. The number of primary amides is 1. The van der Waals surface area contributed by atoms with Crippen LogP contribution < -0.4 is 11.1 Å². The van der Waals surface area contributed by atoms with Crippen LogP contribution in [0.5, 0.6) is 0 Å². The molecular weight excluding hydrogens is 426 g/mol. The largest absolute Gasteiger partial charge is 0.368 e. The predicted molar refractivity (Wildman–Crippen MR) is 129 cm³/mol. The normalized spacial score (nSPS) is 17.3. The highest BCUT2D eigenvalue weighted by Gasteiger charge is 2.32. The van der Waals surface area contributed by atoms with Crippen LogP contribution in [0, 0.1) is 11.3 Å². The van der Waals surface area contributed by atoms with Crippen molar-refractivity contribution in [2.45, 2.75) is 44.7 Å². The van der Waals surface area contributed by atoms with E-state index in [0.717, 1.165) is 53.8 Å². The first-order chi connectivity index (χ1) is 16.6. The second-order valence-corrected chi connectivity index (χ2v) is 8.98. The van der Waals surface area contributed by atoms with Crippen molar-refractivity contribution < 1.29 is 9.59 Å². The van der Waals surface area contributed by atoms with Gasteiger partial charge in [-0.05, 0) is 60.9 Å². The van der Waals surface area contributed by atoms with Gasteiger partial charge in [0.2, 0.25) is 11.8 Å². The average molecular weight is 454 g/mol. The molecule has 172 valence electrons. The monoisotopic (exact) mass is 453 g/mol. The predicted octanol–water partition coefficient (Wildman–Crippen LogP) is 3.08. The van der Waals surface area contributed by atoms with E-state index in [9.17, 15) is 14.9 Å². The Labute approximate surface area is 198 Å². The number of nitrogens with one attached hydrogen (secondary N) is 1. The maximum absolute atomic E-state index is 13.3. The number of anilines is 1. The molecule has 1 aliphatic heterocycles. The second-order valence-electron chi connectivity index (χ2n) is 8.98. The van der Waals surface area contributed by atoms with Crippen LogP contribution in [0.15, 0.2) is 54.6 Å². The Balaban J connectivity index is 1.47. The minimum absolute atomic E-state index is 0.0114. The Hall–Kier alpha value is -3.89. The molecule has 2 amide bonds. The molecule has 2 aromatic carbocycles. The molecule has 0 spiro atoms. The first-order valence-electron chi connectivity index (χ1n) is 11.7. The van der Waals surface area contributed by atoms with E-state index in [2.05, 4.69) is 11.4 Å². The first-order valence-corrected chi connectivity index (χ1v) is 11.7. The van der Waals surface area contributed by atoms with Gasteiger partial charge in [-0.1, -0.05) is 42.5 Å². The molecule has 1 unspecified atom stereocenters. The smallest absolute Gasteiger partial charge is 0.239 e. The number of carbonyl (C=O) groups excluding carboxylic acids is 2. The van der Waals surface area contributed by atoms with Crippen molar-refractivity contribution in [2.24, 2.45) is 5.73 Å². The molecule has 0 saturated carbocycles. The third-order valence-electron chi connectivity index (χ3n) is 6.88. The van der Waals surface area contributed by atoms with Gasteiger partial charge in [0, 0.05) is 17.9 Å². The lowest BCUT2D eigenvalue weighted by Gasteiger charge is -2.34. The number of rotatable bonds is 5. The Bertz CT molecular complexity index is 1290. The lowest BCUT2D eigenvalue weighted by Crippen LogP contribution is -2.51. The lowest BCUT2D eigenvalue weighted by atomic mass is 9.93. The van der Waals surface area contributed by atoms with Crippen LogP contribution in [0.2, 0.25) is 0 Å². The van der Waals surface area contributed by atoms with Crippen molar-refractivity contribution in [1.29, 1.82) is 5.26 Å². The van der Waals surface area contributed by atoms with Crippen LogP contribution in [0.25, 0.3) is 5.69 Å². The van der Waals surface area contributed by atoms with Gasteiger partial charge >= 0.3 is 0 Å². The first kappa shape index (κ1) is 21.9. The molecule has 0 bridgehead atoms. The highest BCUT2D eigenvalue weighted by Crippen LogP contribution is 2.35. The Morgan fingerprint density at radius 2 is 1.74 bits per heavy atom. The summed E-state index contributed by atoms with van der Waals surface area (Å²) in [4.78, 5) is 27.3. The van der Waals surface area contributed by atoms with Gasteiger partial charge in [0.05, 0.1) is 18.2 Å². The average Bonchev–Trinajstić information content (AvgIpc) is 3.16. The molecule has 2 aliphatic rings. The molecule has 0 saturated heterocycles. The van der Waals surface area contributed by atoms with E-state index < -0.39 is 11.9 Å². The third-order valence-corrected chi connectivity index (χ3v) is 6.88. The summed E-state index contributed by atoms with van der Waals surface area (Å²) < 4.78 is 2.02. The molecule has 2 heterocycles. The molecule has 0 radical (unpaired) electrons. The van der Waals surface area contributed by atoms with Gasteiger partial charge in [-0.15, -0.1) is 0 Å². The Morgan fingerprint density at radius 1 is 1.03 bits per heavy atom. The number of nitriles is 1. The van der Waals surface area contributed by atoms with Crippen molar-refractivity contribution in [3.63, 3.8) is 0 Å². The van der Waals surface area contributed by atoms with Crippen LogP contribution in [-0.4, -0.2) is 33.9 Å². The molecule has 3 N–H and O–H groups in total. The van der Waals surface area contributed by atoms with Crippen LogP contribution in [0.1, 0.15) is 40.8 Å². The summed E-state index contributed by atoms with van der Waals surface area (Å²) in [5, 5.41) is 13.0. The van der Waals surface area contributed by atoms with Crippen LogP contribution in [0.4, 0.5) is 5.82 Å². The van der Waals surface area contributed by atoms with Crippen molar-refractivity contribution >= 4 is 17.6 Å². The summed E-state index contributed by atoms with van der Waals surface area (Å²) >= 11 is 0. The lowest BCUT2D eigenvalue weighted by molar-refractivity contribution is -0.125. The van der Waals surface area contributed by atoms with Crippen molar-refractivity contribution in [2.75, 3.05) is 11.9 Å². The van der Waals surface area contributed by atoms with E-state index in [0.29, 0.717) is 24.3 Å². The van der Waals surface area contributed by atoms with Crippen molar-refractivity contribution in [3.8, 4) is 11.8 Å². The number of nitrogens with two attached hydrogens (primary N) is 1. The zero-order valence-corrected chi connectivity index (χ0v) is 19.0. The van der Waals surface area contributed by atoms with Gasteiger partial charge in [-0.3, -0.25) is 19.1 Å². The molecule has 1 aliphatic carbocycles. The number of aromatic nitrogens is 1. The fourth-order valence-corrected chi connectivity index (χ4v) is 5.28. The molecule has 7 heteroatoms. The molecule has 1 atom stereocenters. The number of benzene rings is 2. The van der Waals surface area contributed by atoms with E-state index in [4.69, 9.17) is 5.73 Å². The quantitative estimate of drug-likeness (QED) is 0.619. The van der Waals surface area contributed by atoms with E-state index in [1.165, 1.54) is 0 Å². The highest BCUT2D eigenvalue weighted by molar-refractivity contribution is 5.94. The maximum atomic E-state index is 13.3. The summed E-state index contributed by atoms with van der Waals surface area (Å²) in [5.41, 5.74) is 11.4. The fourth-order valence-electron chi connectivity index (χ4n) is 5.28. The van der Waals surface area contributed by atoms with Crippen molar-refractivity contribution in [3.05, 3.63) is 82.5 Å². The highest BCUT2D eigenvalue weighted by atomic mass is 16.2. The van der Waals surface area contributed by atoms with Gasteiger partial charge in [-0.2, -0.15) is 5.26 Å². The molecule has 0 fully saturated rings. The van der Waals surface area contributed by atoms with Gasteiger partial charge < -0.3 is 11.1 Å². The van der Waals surface area contributed by atoms with E-state index in [1.807, 2.05) is 64.1 Å². The van der Waals surface area contributed by atoms with E-state index in [1.54, 1.807) is 0 Å². The zero-order chi connectivity index (χ0) is 23.7. The number of carbonyl (C=O) groups is 2. The molecule has 3 aromatic rings. The van der Waals surface area contributed by atoms with E-state index in [-0.39, 0.29) is 12.5 Å². The number of nitrogens with zero attached hydrogens (tertiary/aromatic N) is 3.